The maximum absolute atomic E-state index is 12.0. The van der Waals surface area contributed by atoms with Gasteiger partial charge in [0.1, 0.15) is 0 Å². The molecule has 1 aromatic carbocycles. The SMILES string of the molecule is COC.Fc1cc(F)c(F)cc1F. The normalized spacial score (nSPS) is 9.08. The highest BCUT2D eigenvalue weighted by atomic mass is 19.2. The van der Waals surface area contributed by atoms with Crippen molar-refractivity contribution in [3.8, 4) is 0 Å². The molecule has 0 atom stereocenters. The molecule has 1 nitrogen and oxygen atoms in total. The van der Waals surface area contributed by atoms with Crippen molar-refractivity contribution in [3.05, 3.63) is 35.4 Å². The van der Waals surface area contributed by atoms with Crippen molar-refractivity contribution in [1.29, 1.82) is 0 Å². The summed E-state index contributed by atoms with van der Waals surface area (Å²) in [5, 5.41) is 0. The number of hydrogen-bond acceptors (Lipinski definition) is 1. The third-order valence-electron chi connectivity index (χ3n) is 0.963. The number of hydrogen-bond donors (Lipinski definition) is 0. The molecule has 0 amide bonds. The van der Waals surface area contributed by atoms with E-state index in [1.165, 1.54) is 0 Å². The van der Waals surface area contributed by atoms with E-state index in [4.69, 9.17) is 0 Å². The molecule has 0 saturated carbocycles. The Morgan fingerprint density at radius 3 is 1.08 bits per heavy atom. The predicted octanol–water partition coefficient (Wildman–Crippen LogP) is 2.51. The molecule has 0 bridgehead atoms. The first-order valence-corrected chi connectivity index (χ1v) is 3.23. The molecule has 0 saturated heterocycles. The van der Waals surface area contributed by atoms with E-state index in [1.807, 2.05) is 0 Å². The van der Waals surface area contributed by atoms with Gasteiger partial charge in [-0.2, -0.15) is 0 Å². The van der Waals surface area contributed by atoms with Gasteiger partial charge in [-0.1, -0.05) is 0 Å². The summed E-state index contributed by atoms with van der Waals surface area (Å²) >= 11 is 0. The smallest absolute Gasteiger partial charge is 0.161 e. The summed E-state index contributed by atoms with van der Waals surface area (Å²) < 4.78 is 52.2. The largest absolute Gasteiger partial charge is 0.388 e. The van der Waals surface area contributed by atoms with Gasteiger partial charge in [-0.15, -0.1) is 0 Å². The van der Waals surface area contributed by atoms with Crippen LogP contribution in [0.3, 0.4) is 0 Å². The minimum Gasteiger partial charge on any atom is -0.388 e. The van der Waals surface area contributed by atoms with Gasteiger partial charge in [0, 0.05) is 26.4 Å². The number of rotatable bonds is 0. The molecule has 0 radical (unpaired) electrons. The van der Waals surface area contributed by atoms with E-state index in [2.05, 4.69) is 4.74 Å². The average molecular weight is 196 g/mol. The van der Waals surface area contributed by atoms with E-state index >= 15 is 0 Å². The van der Waals surface area contributed by atoms with Gasteiger partial charge in [0.15, 0.2) is 23.3 Å². The third-order valence-corrected chi connectivity index (χ3v) is 0.963. The summed E-state index contributed by atoms with van der Waals surface area (Å²) in [6.45, 7) is 0. The Morgan fingerprint density at radius 2 is 0.923 bits per heavy atom. The zero-order chi connectivity index (χ0) is 10.4. The summed E-state index contributed by atoms with van der Waals surface area (Å²) in [5.74, 6) is -5.56. The van der Waals surface area contributed by atoms with Crippen LogP contribution in [0.4, 0.5) is 17.6 Å². The van der Waals surface area contributed by atoms with Gasteiger partial charge in [0.05, 0.1) is 0 Å². The monoisotopic (exact) mass is 196 g/mol. The lowest BCUT2D eigenvalue weighted by Gasteiger charge is -1.92. The van der Waals surface area contributed by atoms with Crippen LogP contribution < -0.4 is 0 Å². The van der Waals surface area contributed by atoms with Crippen LogP contribution in [0.15, 0.2) is 12.1 Å². The molecule has 0 aliphatic heterocycles. The number of methoxy groups -OCH3 is 1. The quantitative estimate of drug-likeness (QED) is 0.457. The Labute approximate surface area is 72.9 Å². The van der Waals surface area contributed by atoms with E-state index in [0.29, 0.717) is 0 Å². The maximum atomic E-state index is 12.0. The van der Waals surface area contributed by atoms with Gasteiger partial charge in [0.2, 0.25) is 0 Å². The van der Waals surface area contributed by atoms with Crippen LogP contribution in [-0.4, -0.2) is 14.2 Å². The molecule has 0 unspecified atom stereocenters. The fraction of sp³-hybridized carbons (Fsp3) is 0.250. The van der Waals surface area contributed by atoms with Gasteiger partial charge >= 0.3 is 0 Å². The molecule has 0 heterocycles. The molecule has 0 fully saturated rings. The highest BCUT2D eigenvalue weighted by Crippen LogP contribution is 2.11. The second kappa shape index (κ2) is 5.53. The zero-order valence-corrected chi connectivity index (χ0v) is 7.07. The number of halogens is 4. The summed E-state index contributed by atoms with van der Waals surface area (Å²) in [5.41, 5.74) is 0. The van der Waals surface area contributed by atoms with Crippen LogP contribution in [0.2, 0.25) is 0 Å². The van der Waals surface area contributed by atoms with Crippen LogP contribution in [-0.2, 0) is 4.74 Å². The van der Waals surface area contributed by atoms with Crippen molar-refractivity contribution in [2.24, 2.45) is 0 Å². The Hall–Kier alpha value is -1.10. The van der Waals surface area contributed by atoms with Crippen LogP contribution in [0, 0.1) is 23.3 Å². The standard InChI is InChI=1S/C6H2F4.C2H6O/c7-3-1-4(8)6(10)2-5(3)9;1-3-2/h1-2H;1-2H3. The molecular weight excluding hydrogens is 188 g/mol. The van der Waals surface area contributed by atoms with Gasteiger partial charge in [0.25, 0.3) is 0 Å². The summed E-state index contributed by atoms with van der Waals surface area (Å²) in [4.78, 5) is 0. The minimum atomic E-state index is -1.39. The van der Waals surface area contributed by atoms with Crippen molar-refractivity contribution in [1.82, 2.24) is 0 Å². The summed E-state index contributed by atoms with van der Waals surface area (Å²) in [7, 11) is 3.25. The summed E-state index contributed by atoms with van der Waals surface area (Å²) in [6.07, 6.45) is 0. The first kappa shape index (κ1) is 11.9. The van der Waals surface area contributed by atoms with E-state index in [0.717, 1.165) is 0 Å². The van der Waals surface area contributed by atoms with E-state index in [9.17, 15) is 17.6 Å². The number of ether oxygens (including phenoxy) is 1. The molecule has 13 heavy (non-hydrogen) atoms. The molecule has 0 N–H and O–H groups in total. The minimum absolute atomic E-state index is 0.157. The predicted molar refractivity (Wildman–Crippen MR) is 39.2 cm³/mol. The first-order valence-electron chi connectivity index (χ1n) is 3.23. The molecule has 0 spiro atoms. The second-order valence-electron chi connectivity index (χ2n) is 2.09. The fourth-order valence-corrected chi connectivity index (χ4v) is 0.498. The fourth-order valence-electron chi connectivity index (χ4n) is 0.498. The summed E-state index contributed by atoms with van der Waals surface area (Å²) in [6, 6.07) is 0.315. The maximum Gasteiger partial charge on any atom is 0.161 e. The van der Waals surface area contributed by atoms with Crippen LogP contribution in [0.5, 0.6) is 0 Å². The van der Waals surface area contributed by atoms with Crippen LogP contribution in [0.25, 0.3) is 0 Å². The Morgan fingerprint density at radius 1 is 0.769 bits per heavy atom. The van der Waals surface area contributed by atoms with Gasteiger partial charge in [-0.3, -0.25) is 0 Å². The van der Waals surface area contributed by atoms with Crippen LogP contribution >= 0.6 is 0 Å². The van der Waals surface area contributed by atoms with Crippen LogP contribution in [0.1, 0.15) is 0 Å². The molecule has 1 rings (SSSR count). The van der Waals surface area contributed by atoms with Crippen molar-refractivity contribution >= 4 is 0 Å². The number of benzene rings is 1. The first-order chi connectivity index (χ1) is 6.02. The lowest BCUT2D eigenvalue weighted by molar-refractivity contribution is 0.277. The Kier molecular flexibility index (Phi) is 5.06. The van der Waals surface area contributed by atoms with Crippen molar-refractivity contribution < 1.29 is 22.3 Å². The molecular formula is C8H8F4O. The van der Waals surface area contributed by atoms with E-state index < -0.39 is 23.3 Å². The molecule has 0 aliphatic rings. The van der Waals surface area contributed by atoms with Gasteiger partial charge in [-0.25, -0.2) is 17.6 Å². The lowest BCUT2D eigenvalue weighted by Crippen LogP contribution is -1.90. The van der Waals surface area contributed by atoms with Crippen molar-refractivity contribution in [2.75, 3.05) is 14.2 Å². The van der Waals surface area contributed by atoms with Crippen molar-refractivity contribution in [3.63, 3.8) is 0 Å². The average Bonchev–Trinajstić information content (AvgIpc) is 2.03. The van der Waals surface area contributed by atoms with Crippen molar-refractivity contribution in [2.45, 2.75) is 0 Å². The highest BCUT2D eigenvalue weighted by Gasteiger charge is 2.07. The molecule has 5 heteroatoms. The molecule has 1 aromatic rings. The second-order valence-corrected chi connectivity index (χ2v) is 2.09. The Balaban J connectivity index is 0.000000424. The molecule has 0 aromatic heterocycles. The highest BCUT2D eigenvalue weighted by molar-refractivity contribution is 5.10. The Bertz CT molecular complexity index is 225. The van der Waals surface area contributed by atoms with E-state index in [1.54, 1.807) is 14.2 Å². The van der Waals surface area contributed by atoms with Gasteiger partial charge in [-0.05, 0) is 0 Å². The lowest BCUT2D eigenvalue weighted by atomic mass is 10.3. The topological polar surface area (TPSA) is 9.23 Å². The third kappa shape index (κ3) is 3.89. The molecule has 0 aliphatic carbocycles. The van der Waals surface area contributed by atoms with E-state index in [-0.39, 0.29) is 12.1 Å². The van der Waals surface area contributed by atoms with Gasteiger partial charge < -0.3 is 4.74 Å². The zero-order valence-electron chi connectivity index (χ0n) is 7.07. The molecule has 74 valence electrons.